The molecular formula is C16H24BrNO3. The molecule has 1 rings (SSSR count). The number of rotatable bonds is 8. The molecule has 2 N–H and O–H groups in total. The van der Waals surface area contributed by atoms with Crippen molar-refractivity contribution in [3.63, 3.8) is 0 Å². The summed E-state index contributed by atoms with van der Waals surface area (Å²) in [4.78, 5) is 11.1. The summed E-state index contributed by atoms with van der Waals surface area (Å²) in [5.41, 5.74) is 8.23. The number of esters is 1. The monoisotopic (exact) mass is 357 g/mol. The van der Waals surface area contributed by atoms with Crippen molar-refractivity contribution in [1.29, 1.82) is 0 Å². The van der Waals surface area contributed by atoms with Gasteiger partial charge in [0.1, 0.15) is 5.75 Å². The van der Waals surface area contributed by atoms with Crippen molar-refractivity contribution in [2.24, 2.45) is 5.73 Å². The van der Waals surface area contributed by atoms with Gasteiger partial charge in [-0.2, -0.15) is 0 Å². The number of methoxy groups -OCH3 is 1. The first kappa shape index (κ1) is 18.0. The van der Waals surface area contributed by atoms with E-state index in [1.165, 1.54) is 7.11 Å². The average molecular weight is 358 g/mol. The van der Waals surface area contributed by atoms with Crippen LogP contribution in [0.4, 0.5) is 0 Å². The van der Waals surface area contributed by atoms with E-state index in [1.54, 1.807) is 0 Å². The van der Waals surface area contributed by atoms with Crippen molar-refractivity contribution in [3.8, 4) is 5.75 Å². The van der Waals surface area contributed by atoms with Crippen LogP contribution < -0.4 is 10.5 Å². The Morgan fingerprint density at radius 2 is 2.14 bits per heavy atom. The molecule has 0 saturated carbocycles. The van der Waals surface area contributed by atoms with E-state index in [9.17, 15) is 4.79 Å². The molecule has 0 aromatic heterocycles. The van der Waals surface area contributed by atoms with Crippen LogP contribution in [0.5, 0.6) is 5.75 Å². The summed E-state index contributed by atoms with van der Waals surface area (Å²) in [5, 5.41) is 0. The van der Waals surface area contributed by atoms with E-state index in [2.05, 4.69) is 33.7 Å². The number of hydrogen-bond acceptors (Lipinski definition) is 4. The maximum absolute atomic E-state index is 11.1. The lowest BCUT2D eigenvalue weighted by Gasteiger charge is -2.17. The third kappa shape index (κ3) is 6.06. The van der Waals surface area contributed by atoms with Crippen LogP contribution >= 0.6 is 15.9 Å². The summed E-state index contributed by atoms with van der Waals surface area (Å²) in [6, 6.07) is 4.20. The first-order chi connectivity index (χ1) is 9.97. The van der Waals surface area contributed by atoms with Gasteiger partial charge >= 0.3 is 5.97 Å². The summed E-state index contributed by atoms with van der Waals surface area (Å²) < 4.78 is 11.5. The lowest BCUT2D eigenvalue weighted by molar-refractivity contribution is -0.140. The molecule has 0 aliphatic heterocycles. The molecule has 1 aromatic rings. The van der Waals surface area contributed by atoms with Crippen molar-refractivity contribution < 1.29 is 14.3 Å². The highest BCUT2D eigenvalue weighted by Crippen LogP contribution is 2.29. The smallest absolute Gasteiger partial charge is 0.305 e. The Morgan fingerprint density at radius 1 is 1.43 bits per heavy atom. The van der Waals surface area contributed by atoms with E-state index in [0.717, 1.165) is 34.2 Å². The molecule has 0 heterocycles. The summed E-state index contributed by atoms with van der Waals surface area (Å²) >= 11 is 3.51. The van der Waals surface area contributed by atoms with Gasteiger partial charge in [-0.25, -0.2) is 0 Å². The van der Waals surface area contributed by atoms with Crippen LogP contribution in [-0.4, -0.2) is 25.7 Å². The number of carbonyl (C=O) groups excluding carboxylic acids is 1. The Morgan fingerprint density at radius 3 is 2.76 bits per heavy atom. The Labute approximate surface area is 135 Å². The van der Waals surface area contributed by atoms with Gasteiger partial charge in [0, 0.05) is 16.9 Å². The van der Waals surface area contributed by atoms with Crippen LogP contribution in [0.2, 0.25) is 0 Å². The summed E-state index contributed by atoms with van der Waals surface area (Å²) in [7, 11) is 1.40. The van der Waals surface area contributed by atoms with Crippen LogP contribution in [0.1, 0.15) is 37.3 Å². The van der Waals surface area contributed by atoms with Crippen molar-refractivity contribution >= 4 is 21.9 Å². The molecule has 4 nitrogen and oxygen atoms in total. The molecule has 21 heavy (non-hydrogen) atoms. The van der Waals surface area contributed by atoms with E-state index in [-0.39, 0.29) is 12.0 Å². The molecule has 0 radical (unpaired) electrons. The molecule has 1 atom stereocenters. The molecule has 0 bridgehead atoms. The molecule has 0 aliphatic carbocycles. The van der Waals surface area contributed by atoms with E-state index in [4.69, 9.17) is 10.5 Å². The van der Waals surface area contributed by atoms with Gasteiger partial charge in [0.05, 0.1) is 13.7 Å². The molecule has 118 valence electrons. The number of benzene rings is 1. The molecule has 0 aliphatic rings. The fourth-order valence-electron chi connectivity index (χ4n) is 2.08. The van der Waals surface area contributed by atoms with Gasteiger partial charge in [-0.1, -0.05) is 22.9 Å². The molecule has 0 saturated heterocycles. The standard InChI is InChI=1S/C16H24BrNO3/c1-4-14(18)10-12-9-13(17)8-11(2)16(12)21-7-5-6-15(19)20-3/h8-9,14H,4-7,10,18H2,1-3H3. The van der Waals surface area contributed by atoms with Gasteiger partial charge in [-0.3, -0.25) is 4.79 Å². The quantitative estimate of drug-likeness (QED) is 0.572. The molecule has 1 unspecified atom stereocenters. The number of halogens is 1. The van der Waals surface area contributed by atoms with Gasteiger partial charge in [0.15, 0.2) is 0 Å². The van der Waals surface area contributed by atoms with Crippen molar-refractivity contribution in [3.05, 3.63) is 27.7 Å². The summed E-state index contributed by atoms with van der Waals surface area (Å²) in [5.74, 6) is 0.673. The lowest BCUT2D eigenvalue weighted by Crippen LogP contribution is -2.22. The predicted molar refractivity (Wildman–Crippen MR) is 87.6 cm³/mol. The number of nitrogens with two attached hydrogens (primary N) is 1. The first-order valence-corrected chi connectivity index (χ1v) is 8.01. The van der Waals surface area contributed by atoms with Crippen LogP contribution in [0.3, 0.4) is 0 Å². The number of hydrogen-bond donors (Lipinski definition) is 1. The molecule has 1 aromatic carbocycles. The molecule has 0 amide bonds. The molecule has 5 heteroatoms. The zero-order valence-corrected chi connectivity index (χ0v) is 14.5. The maximum Gasteiger partial charge on any atom is 0.305 e. The predicted octanol–water partition coefficient (Wildman–Crippen LogP) is 3.37. The largest absolute Gasteiger partial charge is 0.493 e. The average Bonchev–Trinajstić information content (AvgIpc) is 2.44. The first-order valence-electron chi connectivity index (χ1n) is 7.22. The van der Waals surface area contributed by atoms with E-state index in [1.807, 2.05) is 13.0 Å². The highest BCUT2D eigenvalue weighted by molar-refractivity contribution is 9.10. The van der Waals surface area contributed by atoms with Gasteiger partial charge in [-0.05, 0) is 49.4 Å². The SMILES string of the molecule is CCC(N)Cc1cc(Br)cc(C)c1OCCCC(=O)OC. The van der Waals surface area contributed by atoms with Gasteiger partial charge in [-0.15, -0.1) is 0 Å². The highest BCUT2D eigenvalue weighted by Gasteiger charge is 2.12. The van der Waals surface area contributed by atoms with Gasteiger partial charge in [0.2, 0.25) is 0 Å². The van der Waals surface area contributed by atoms with Crippen LogP contribution in [-0.2, 0) is 16.0 Å². The third-order valence-electron chi connectivity index (χ3n) is 3.32. The van der Waals surface area contributed by atoms with Crippen LogP contribution in [0, 0.1) is 6.92 Å². The Hall–Kier alpha value is -1.07. The zero-order valence-electron chi connectivity index (χ0n) is 12.9. The third-order valence-corrected chi connectivity index (χ3v) is 3.78. The fourth-order valence-corrected chi connectivity index (χ4v) is 2.70. The lowest BCUT2D eigenvalue weighted by atomic mass is 10.0. The zero-order chi connectivity index (χ0) is 15.8. The highest BCUT2D eigenvalue weighted by atomic mass is 79.9. The minimum Gasteiger partial charge on any atom is -0.493 e. The minimum absolute atomic E-state index is 0.121. The van der Waals surface area contributed by atoms with Gasteiger partial charge in [0.25, 0.3) is 0 Å². The molecule has 0 fully saturated rings. The van der Waals surface area contributed by atoms with E-state index in [0.29, 0.717) is 19.4 Å². The second-order valence-electron chi connectivity index (χ2n) is 5.11. The molecular weight excluding hydrogens is 334 g/mol. The van der Waals surface area contributed by atoms with E-state index < -0.39 is 0 Å². The van der Waals surface area contributed by atoms with Crippen molar-refractivity contribution in [2.45, 2.75) is 45.6 Å². The second-order valence-corrected chi connectivity index (χ2v) is 6.03. The maximum atomic E-state index is 11.1. The summed E-state index contributed by atoms with van der Waals surface area (Å²) in [6.07, 6.45) is 2.72. The Kier molecular flexibility index (Phi) is 7.75. The Balaban J connectivity index is 2.72. The topological polar surface area (TPSA) is 61.5 Å². The number of aryl methyl sites for hydroxylation is 1. The summed E-state index contributed by atoms with van der Waals surface area (Å²) in [6.45, 7) is 4.58. The Bertz CT molecular complexity index is 477. The fraction of sp³-hybridized carbons (Fsp3) is 0.562. The van der Waals surface area contributed by atoms with Crippen LogP contribution in [0.15, 0.2) is 16.6 Å². The van der Waals surface area contributed by atoms with Gasteiger partial charge < -0.3 is 15.2 Å². The van der Waals surface area contributed by atoms with Crippen LogP contribution in [0.25, 0.3) is 0 Å². The number of carbonyl (C=O) groups is 1. The van der Waals surface area contributed by atoms with E-state index >= 15 is 0 Å². The van der Waals surface area contributed by atoms with Crippen molar-refractivity contribution in [1.82, 2.24) is 0 Å². The molecule has 0 spiro atoms. The second kappa shape index (κ2) is 9.05. The normalized spacial score (nSPS) is 12.0. The number of ether oxygens (including phenoxy) is 2. The minimum atomic E-state index is -0.209. The van der Waals surface area contributed by atoms with Crippen molar-refractivity contribution in [2.75, 3.05) is 13.7 Å².